The lowest BCUT2D eigenvalue weighted by Crippen LogP contribution is -2.42. The number of halogens is 1. The number of urea groups is 1. The van der Waals surface area contributed by atoms with Gasteiger partial charge in [-0.3, -0.25) is 9.69 Å². The summed E-state index contributed by atoms with van der Waals surface area (Å²) >= 11 is 6.05. The minimum atomic E-state index is -0.919. The van der Waals surface area contributed by atoms with Gasteiger partial charge in [0.25, 0.3) is 5.91 Å². The first-order valence-electron chi connectivity index (χ1n) is 8.22. The van der Waals surface area contributed by atoms with E-state index in [4.69, 9.17) is 16.3 Å². The lowest BCUT2D eigenvalue weighted by molar-refractivity contribution is -0.131. The predicted octanol–water partition coefficient (Wildman–Crippen LogP) is 3.11. The topological polar surface area (TPSA) is 58.6 Å². The lowest BCUT2D eigenvalue weighted by atomic mass is 9.92. The summed E-state index contributed by atoms with van der Waals surface area (Å²) in [6.07, 6.45) is 1.38. The summed E-state index contributed by atoms with van der Waals surface area (Å²) in [7, 11) is 0. The zero-order chi connectivity index (χ0) is 17.4. The first-order valence-corrected chi connectivity index (χ1v) is 8.59. The van der Waals surface area contributed by atoms with Gasteiger partial charge in [-0.1, -0.05) is 48.0 Å². The number of aryl methyl sites for hydroxylation is 1. The number of ether oxygens (including phenoxy) is 1. The molecule has 4 rings (SSSR count). The van der Waals surface area contributed by atoms with E-state index in [1.54, 1.807) is 12.1 Å². The van der Waals surface area contributed by atoms with Crippen LogP contribution in [0.3, 0.4) is 0 Å². The van der Waals surface area contributed by atoms with E-state index >= 15 is 0 Å². The van der Waals surface area contributed by atoms with Crippen molar-refractivity contribution < 1.29 is 14.3 Å². The van der Waals surface area contributed by atoms with Crippen LogP contribution in [0.2, 0.25) is 5.02 Å². The van der Waals surface area contributed by atoms with Crippen molar-refractivity contribution in [2.45, 2.75) is 18.4 Å². The number of para-hydroxylation sites is 1. The summed E-state index contributed by atoms with van der Waals surface area (Å²) in [5.41, 5.74) is 1.10. The molecule has 3 amide bonds. The molecule has 0 saturated carbocycles. The summed E-state index contributed by atoms with van der Waals surface area (Å²) in [5.74, 6) is 0.336. The van der Waals surface area contributed by atoms with Gasteiger partial charge in [-0.25, -0.2) is 4.79 Å². The Morgan fingerprint density at radius 1 is 1.12 bits per heavy atom. The van der Waals surface area contributed by atoms with Crippen molar-refractivity contribution in [3.05, 3.63) is 64.7 Å². The van der Waals surface area contributed by atoms with Crippen molar-refractivity contribution in [2.24, 2.45) is 0 Å². The summed E-state index contributed by atoms with van der Waals surface area (Å²) in [4.78, 5) is 26.6. The molecule has 1 atom stereocenters. The monoisotopic (exact) mass is 356 g/mol. The number of hydrogen-bond donors (Lipinski definition) is 1. The van der Waals surface area contributed by atoms with Gasteiger partial charge >= 0.3 is 6.03 Å². The Balaban J connectivity index is 1.49. The smallest absolute Gasteiger partial charge is 0.325 e. The van der Waals surface area contributed by atoms with Crippen LogP contribution in [0.5, 0.6) is 5.75 Å². The maximum Gasteiger partial charge on any atom is 0.325 e. The molecule has 1 aliphatic heterocycles. The highest BCUT2D eigenvalue weighted by molar-refractivity contribution is 6.32. The zero-order valence-electron chi connectivity index (χ0n) is 13.5. The van der Waals surface area contributed by atoms with Gasteiger partial charge in [0.05, 0.1) is 11.6 Å². The van der Waals surface area contributed by atoms with Crippen LogP contribution < -0.4 is 10.1 Å². The largest absolute Gasteiger partial charge is 0.490 e. The number of nitrogens with zero attached hydrogens (tertiary/aromatic N) is 1. The van der Waals surface area contributed by atoms with Crippen LogP contribution in [0.25, 0.3) is 0 Å². The molecule has 1 fully saturated rings. The maximum atomic E-state index is 13.0. The zero-order valence-corrected chi connectivity index (χ0v) is 14.3. The highest BCUT2D eigenvalue weighted by Crippen LogP contribution is 2.41. The minimum Gasteiger partial charge on any atom is -0.490 e. The van der Waals surface area contributed by atoms with Crippen molar-refractivity contribution in [3.63, 3.8) is 0 Å². The van der Waals surface area contributed by atoms with E-state index < -0.39 is 5.54 Å². The van der Waals surface area contributed by atoms with Gasteiger partial charge in [0.15, 0.2) is 0 Å². The average molecular weight is 357 g/mol. The van der Waals surface area contributed by atoms with E-state index in [2.05, 4.69) is 5.32 Å². The molecule has 2 aromatic carbocycles. The number of carbonyl (C=O) groups excluding carboxylic acids is 2. The van der Waals surface area contributed by atoms with Gasteiger partial charge in [-0.2, -0.15) is 0 Å². The molecule has 2 aromatic rings. The van der Waals surface area contributed by atoms with Gasteiger partial charge in [0, 0.05) is 0 Å². The Kier molecular flexibility index (Phi) is 3.88. The Morgan fingerprint density at radius 2 is 1.88 bits per heavy atom. The standard InChI is InChI=1S/C19H17ClN2O3/c20-15-7-3-4-8-16(15)25-12-11-22-17(23)19(21-18(22)24)10-9-13-5-1-2-6-14(13)19/h1-8H,9-12H2,(H,21,24)/t19-/m0/s1. The van der Waals surface area contributed by atoms with Crippen LogP contribution in [-0.4, -0.2) is 30.0 Å². The van der Waals surface area contributed by atoms with Gasteiger partial charge < -0.3 is 10.1 Å². The molecule has 0 radical (unpaired) electrons. The Bertz CT molecular complexity index is 854. The van der Waals surface area contributed by atoms with Crippen LogP contribution in [0.4, 0.5) is 4.79 Å². The van der Waals surface area contributed by atoms with E-state index in [1.165, 1.54) is 4.90 Å². The third-order valence-electron chi connectivity index (χ3n) is 4.83. The van der Waals surface area contributed by atoms with E-state index in [-0.39, 0.29) is 25.1 Å². The number of carbonyl (C=O) groups is 2. The van der Waals surface area contributed by atoms with Gasteiger partial charge in [-0.05, 0) is 36.1 Å². The van der Waals surface area contributed by atoms with Crippen molar-refractivity contribution in [3.8, 4) is 5.75 Å². The third-order valence-corrected chi connectivity index (χ3v) is 5.14. The van der Waals surface area contributed by atoms with Crippen LogP contribution in [0.15, 0.2) is 48.5 Å². The minimum absolute atomic E-state index is 0.180. The highest BCUT2D eigenvalue weighted by atomic mass is 35.5. The molecule has 5 nitrogen and oxygen atoms in total. The first-order chi connectivity index (χ1) is 12.1. The maximum absolute atomic E-state index is 13.0. The normalized spacial score (nSPS) is 21.6. The molecule has 1 aliphatic carbocycles. The number of rotatable bonds is 4. The Labute approximate surface area is 150 Å². The quantitative estimate of drug-likeness (QED) is 0.856. The third kappa shape index (κ3) is 2.55. The molecule has 1 saturated heterocycles. The van der Waals surface area contributed by atoms with Gasteiger partial charge in [0.2, 0.25) is 0 Å². The Hall–Kier alpha value is -2.53. The molecule has 1 heterocycles. The van der Waals surface area contributed by atoms with Crippen LogP contribution in [0.1, 0.15) is 17.5 Å². The molecule has 1 N–H and O–H groups in total. The van der Waals surface area contributed by atoms with Crippen LogP contribution in [-0.2, 0) is 16.8 Å². The molecule has 2 aliphatic rings. The predicted molar refractivity (Wildman–Crippen MR) is 93.6 cm³/mol. The number of benzene rings is 2. The molecular weight excluding hydrogens is 340 g/mol. The van der Waals surface area contributed by atoms with Crippen LogP contribution >= 0.6 is 11.6 Å². The van der Waals surface area contributed by atoms with Gasteiger partial charge in [0.1, 0.15) is 17.9 Å². The van der Waals surface area contributed by atoms with E-state index in [0.29, 0.717) is 17.2 Å². The number of amides is 3. The number of imide groups is 1. The van der Waals surface area contributed by atoms with E-state index in [0.717, 1.165) is 17.5 Å². The summed E-state index contributed by atoms with van der Waals surface area (Å²) in [6, 6.07) is 14.5. The molecule has 0 bridgehead atoms. The van der Waals surface area contributed by atoms with Gasteiger partial charge in [-0.15, -0.1) is 0 Å². The number of hydrogen-bond acceptors (Lipinski definition) is 3. The van der Waals surface area contributed by atoms with Crippen molar-refractivity contribution >= 4 is 23.5 Å². The second-order valence-corrected chi connectivity index (χ2v) is 6.64. The molecule has 128 valence electrons. The fourth-order valence-corrected chi connectivity index (χ4v) is 3.79. The molecule has 0 aromatic heterocycles. The van der Waals surface area contributed by atoms with E-state index in [1.807, 2.05) is 36.4 Å². The highest BCUT2D eigenvalue weighted by Gasteiger charge is 2.54. The van der Waals surface area contributed by atoms with Crippen LogP contribution in [0, 0.1) is 0 Å². The fourth-order valence-electron chi connectivity index (χ4n) is 3.60. The SMILES string of the molecule is O=C1N[C@]2(CCc3ccccc32)C(=O)N1CCOc1ccccc1Cl. The van der Waals surface area contributed by atoms with Crippen molar-refractivity contribution in [1.29, 1.82) is 0 Å². The average Bonchev–Trinajstić information content (AvgIpc) is 3.10. The summed E-state index contributed by atoms with van der Waals surface area (Å²) in [5, 5.41) is 3.40. The lowest BCUT2D eigenvalue weighted by Gasteiger charge is -2.22. The molecule has 0 unspecified atom stereocenters. The Morgan fingerprint density at radius 3 is 2.72 bits per heavy atom. The number of fused-ring (bicyclic) bond motifs is 2. The molecule has 1 spiro atoms. The van der Waals surface area contributed by atoms with Crippen molar-refractivity contribution in [1.82, 2.24) is 10.2 Å². The summed E-state index contributed by atoms with van der Waals surface area (Å²) < 4.78 is 5.61. The first kappa shape index (κ1) is 16.0. The molecule has 6 heteroatoms. The molecule has 25 heavy (non-hydrogen) atoms. The second-order valence-electron chi connectivity index (χ2n) is 6.23. The fraction of sp³-hybridized carbons (Fsp3) is 0.263. The molecular formula is C19H17ClN2O3. The second kappa shape index (κ2) is 6.08. The summed E-state index contributed by atoms with van der Waals surface area (Å²) in [6.45, 7) is 0.375. The van der Waals surface area contributed by atoms with E-state index in [9.17, 15) is 9.59 Å². The number of nitrogens with one attached hydrogen (secondary N) is 1. The van der Waals surface area contributed by atoms with Crippen molar-refractivity contribution in [2.75, 3.05) is 13.2 Å².